The Bertz CT molecular complexity index is 941. The molecule has 0 aromatic heterocycles. The maximum absolute atomic E-state index is 13.1. The Hall–Kier alpha value is -2.16. The van der Waals surface area contributed by atoms with Crippen LogP contribution >= 0.6 is 0 Å². The van der Waals surface area contributed by atoms with Gasteiger partial charge in [0.05, 0.1) is 4.90 Å². The largest absolute Gasteiger partial charge is 0.486 e. The lowest BCUT2D eigenvalue weighted by Crippen LogP contribution is -2.49. The van der Waals surface area contributed by atoms with Crippen LogP contribution in [0.5, 0.6) is 11.5 Å². The number of hydrogen-bond acceptors (Lipinski definition) is 5. The molecule has 0 saturated carbocycles. The molecular weight excluding hydrogens is 383 g/mol. The molecule has 1 fully saturated rings. The first kappa shape index (κ1) is 19.2. The van der Waals surface area contributed by atoms with E-state index in [1.807, 2.05) is 0 Å². The summed E-state index contributed by atoms with van der Waals surface area (Å²) in [6, 6.07) is 11.3. The van der Waals surface area contributed by atoms with E-state index < -0.39 is 10.0 Å². The number of nitrogens with zero attached hydrogens (tertiary/aromatic N) is 2. The van der Waals surface area contributed by atoms with Crippen molar-refractivity contribution in [1.29, 1.82) is 0 Å². The molecule has 150 valence electrons. The maximum atomic E-state index is 13.1. The van der Waals surface area contributed by atoms with Crippen LogP contribution in [0.1, 0.15) is 18.5 Å². The monoisotopic (exact) mass is 406 g/mol. The second-order valence-electron chi connectivity index (χ2n) is 6.97. The number of hydrogen-bond donors (Lipinski definition) is 0. The molecule has 0 bridgehead atoms. The van der Waals surface area contributed by atoms with Crippen molar-refractivity contribution in [3.05, 3.63) is 53.8 Å². The maximum Gasteiger partial charge on any atom is 0.243 e. The van der Waals surface area contributed by atoms with Crippen molar-refractivity contribution in [3.63, 3.8) is 0 Å². The van der Waals surface area contributed by atoms with E-state index in [1.54, 1.807) is 24.3 Å². The van der Waals surface area contributed by atoms with Crippen molar-refractivity contribution < 1.29 is 22.3 Å². The van der Waals surface area contributed by atoms with Gasteiger partial charge in [0.1, 0.15) is 19.0 Å². The summed E-state index contributed by atoms with van der Waals surface area (Å²) in [6.45, 7) is 4.97. The fraction of sp³-hybridized carbons (Fsp3) is 0.400. The highest BCUT2D eigenvalue weighted by atomic mass is 32.2. The molecule has 8 heteroatoms. The third kappa shape index (κ3) is 3.72. The number of ether oxygens (including phenoxy) is 2. The van der Waals surface area contributed by atoms with E-state index >= 15 is 0 Å². The molecule has 0 aliphatic carbocycles. The fourth-order valence-electron chi connectivity index (χ4n) is 3.62. The smallest absolute Gasteiger partial charge is 0.243 e. The minimum atomic E-state index is -3.59. The van der Waals surface area contributed by atoms with Gasteiger partial charge in [-0.15, -0.1) is 0 Å². The van der Waals surface area contributed by atoms with Crippen LogP contribution in [0.15, 0.2) is 47.4 Å². The van der Waals surface area contributed by atoms with Gasteiger partial charge in [0.25, 0.3) is 0 Å². The van der Waals surface area contributed by atoms with E-state index in [0.29, 0.717) is 50.9 Å². The minimum absolute atomic E-state index is 0.0970. The van der Waals surface area contributed by atoms with Gasteiger partial charge in [-0.3, -0.25) is 4.90 Å². The van der Waals surface area contributed by atoms with Crippen LogP contribution in [0.4, 0.5) is 4.39 Å². The van der Waals surface area contributed by atoms with Gasteiger partial charge >= 0.3 is 0 Å². The number of rotatable bonds is 4. The molecule has 1 atom stereocenters. The van der Waals surface area contributed by atoms with Gasteiger partial charge in [0.15, 0.2) is 11.5 Å². The van der Waals surface area contributed by atoms with E-state index in [2.05, 4.69) is 11.8 Å². The summed E-state index contributed by atoms with van der Waals surface area (Å²) in [5.41, 5.74) is 1.02. The number of sulfonamides is 1. The predicted molar refractivity (Wildman–Crippen MR) is 103 cm³/mol. The number of halogens is 1. The Morgan fingerprint density at radius 3 is 2.25 bits per heavy atom. The van der Waals surface area contributed by atoms with Gasteiger partial charge in [-0.25, -0.2) is 12.8 Å². The number of benzene rings is 2. The van der Waals surface area contributed by atoms with Crippen molar-refractivity contribution in [2.24, 2.45) is 0 Å². The lowest BCUT2D eigenvalue weighted by molar-refractivity contribution is 0.145. The number of piperazine rings is 1. The van der Waals surface area contributed by atoms with E-state index in [4.69, 9.17) is 9.47 Å². The molecule has 6 nitrogen and oxygen atoms in total. The molecule has 2 aliphatic heterocycles. The van der Waals surface area contributed by atoms with Crippen LogP contribution in [0.3, 0.4) is 0 Å². The lowest BCUT2D eigenvalue weighted by Gasteiger charge is -2.37. The molecule has 4 rings (SSSR count). The zero-order chi connectivity index (χ0) is 19.7. The van der Waals surface area contributed by atoms with Gasteiger partial charge in [0.2, 0.25) is 10.0 Å². The summed E-state index contributed by atoms with van der Waals surface area (Å²) in [5.74, 6) is 0.783. The number of fused-ring (bicyclic) bond motifs is 1. The third-order valence-corrected chi connectivity index (χ3v) is 7.22. The molecule has 2 aromatic rings. The van der Waals surface area contributed by atoms with Gasteiger partial charge in [-0.05, 0) is 36.8 Å². The molecule has 0 amide bonds. The second kappa shape index (κ2) is 7.69. The Kier molecular flexibility index (Phi) is 5.27. The van der Waals surface area contributed by atoms with Crippen LogP contribution in [0.2, 0.25) is 0 Å². The molecule has 0 radical (unpaired) electrons. The first-order valence-electron chi connectivity index (χ1n) is 9.34. The predicted octanol–water partition coefficient (Wildman–Crippen LogP) is 2.66. The molecule has 28 heavy (non-hydrogen) atoms. The van der Waals surface area contributed by atoms with E-state index in [9.17, 15) is 12.8 Å². The van der Waals surface area contributed by atoms with Crippen molar-refractivity contribution in [2.75, 3.05) is 39.4 Å². The quantitative estimate of drug-likeness (QED) is 0.781. The van der Waals surface area contributed by atoms with Gasteiger partial charge in [-0.2, -0.15) is 4.31 Å². The molecule has 2 heterocycles. The Labute approximate surface area is 164 Å². The van der Waals surface area contributed by atoms with E-state index in [-0.39, 0.29) is 16.8 Å². The zero-order valence-corrected chi connectivity index (χ0v) is 16.5. The Morgan fingerprint density at radius 1 is 0.929 bits per heavy atom. The van der Waals surface area contributed by atoms with Gasteiger partial charge in [-0.1, -0.05) is 12.1 Å². The Morgan fingerprint density at radius 2 is 1.57 bits per heavy atom. The SMILES string of the molecule is C[C@H](c1ccc(F)cc1)N1CCN(S(=O)(=O)c2ccc3c(c2)OCCO3)CC1. The summed E-state index contributed by atoms with van der Waals surface area (Å²) in [4.78, 5) is 2.43. The summed E-state index contributed by atoms with van der Waals surface area (Å²) >= 11 is 0. The van der Waals surface area contributed by atoms with Gasteiger partial charge < -0.3 is 9.47 Å². The summed E-state index contributed by atoms with van der Waals surface area (Å²) < 4.78 is 51.7. The molecule has 0 N–H and O–H groups in total. The first-order valence-corrected chi connectivity index (χ1v) is 10.8. The molecule has 0 unspecified atom stereocenters. The van der Waals surface area contributed by atoms with Crippen LogP contribution < -0.4 is 9.47 Å². The Balaban J connectivity index is 1.44. The molecule has 0 spiro atoms. The van der Waals surface area contributed by atoms with Crippen LogP contribution in [-0.4, -0.2) is 57.0 Å². The van der Waals surface area contributed by atoms with Crippen LogP contribution in [0.25, 0.3) is 0 Å². The molecular formula is C20H23FN2O4S. The summed E-state index contributed by atoms with van der Waals surface area (Å²) in [7, 11) is -3.59. The average Bonchev–Trinajstić information content (AvgIpc) is 2.73. The highest BCUT2D eigenvalue weighted by Gasteiger charge is 2.31. The zero-order valence-electron chi connectivity index (χ0n) is 15.7. The first-order chi connectivity index (χ1) is 13.4. The summed E-state index contributed by atoms with van der Waals surface area (Å²) in [5, 5.41) is 0. The standard InChI is InChI=1S/C20H23FN2O4S/c1-15(16-2-4-17(21)5-3-16)22-8-10-23(11-9-22)28(24,25)18-6-7-19-20(14-18)27-13-12-26-19/h2-7,14-15H,8-13H2,1H3/t15-/m1/s1. The van der Waals surface area contributed by atoms with Gasteiger partial charge in [0, 0.05) is 38.3 Å². The van der Waals surface area contributed by atoms with Crippen LogP contribution in [-0.2, 0) is 10.0 Å². The fourth-order valence-corrected chi connectivity index (χ4v) is 5.05. The van der Waals surface area contributed by atoms with Crippen molar-refractivity contribution in [3.8, 4) is 11.5 Å². The van der Waals surface area contributed by atoms with Crippen molar-refractivity contribution in [1.82, 2.24) is 9.21 Å². The second-order valence-corrected chi connectivity index (χ2v) is 8.91. The summed E-state index contributed by atoms with van der Waals surface area (Å²) in [6.07, 6.45) is 0. The normalized spacial score (nSPS) is 19.4. The van der Waals surface area contributed by atoms with Crippen LogP contribution in [0, 0.1) is 5.82 Å². The highest BCUT2D eigenvalue weighted by Crippen LogP contribution is 2.33. The molecule has 2 aromatic carbocycles. The van der Waals surface area contributed by atoms with E-state index in [0.717, 1.165) is 5.56 Å². The lowest BCUT2D eigenvalue weighted by atomic mass is 10.1. The average molecular weight is 406 g/mol. The van der Waals surface area contributed by atoms with Crippen molar-refractivity contribution in [2.45, 2.75) is 17.9 Å². The highest BCUT2D eigenvalue weighted by molar-refractivity contribution is 7.89. The van der Waals surface area contributed by atoms with Crippen molar-refractivity contribution >= 4 is 10.0 Å². The molecule has 2 aliphatic rings. The molecule has 1 saturated heterocycles. The minimum Gasteiger partial charge on any atom is -0.486 e. The third-order valence-electron chi connectivity index (χ3n) is 5.32. The topological polar surface area (TPSA) is 59.1 Å². The van der Waals surface area contributed by atoms with E-state index in [1.165, 1.54) is 22.5 Å².